The second-order valence-electron chi connectivity index (χ2n) is 11.3. The van der Waals surface area contributed by atoms with Gasteiger partial charge >= 0.3 is 5.97 Å². The van der Waals surface area contributed by atoms with Crippen LogP contribution in [0.5, 0.6) is 0 Å². The van der Waals surface area contributed by atoms with Crippen LogP contribution in [-0.2, 0) is 30.5 Å². The molecule has 0 bridgehead atoms. The number of carbonyl (C=O) groups excluding carboxylic acids is 4. The Morgan fingerprint density at radius 1 is 1.00 bits per heavy atom. The van der Waals surface area contributed by atoms with Crippen LogP contribution in [0.1, 0.15) is 77.0 Å². The fourth-order valence-corrected chi connectivity index (χ4v) is 4.98. The third-order valence-electron chi connectivity index (χ3n) is 7.66. The molecule has 2 heterocycles. The lowest BCUT2D eigenvalue weighted by molar-refractivity contribution is -0.152. The minimum atomic E-state index is -0.901. The largest absolute Gasteiger partial charge is 0.464 e. The highest BCUT2D eigenvalue weighted by Crippen LogP contribution is 2.38. The van der Waals surface area contributed by atoms with Gasteiger partial charge in [0.15, 0.2) is 0 Å². The molecular weight excluding hydrogens is 524 g/mol. The number of furan rings is 1. The number of amides is 3. The minimum Gasteiger partial charge on any atom is -0.464 e. The summed E-state index contributed by atoms with van der Waals surface area (Å²) in [5, 5.41) is 5.65. The topological polar surface area (TPSA) is 144 Å². The van der Waals surface area contributed by atoms with Crippen molar-refractivity contribution in [3.63, 3.8) is 0 Å². The van der Waals surface area contributed by atoms with Gasteiger partial charge in [-0.05, 0) is 56.2 Å². The zero-order chi connectivity index (χ0) is 30.3. The van der Waals surface area contributed by atoms with E-state index in [0.29, 0.717) is 30.8 Å². The molecule has 1 aromatic carbocycles. The second kappa shape index (κ2) is 14.3. The first-order chi connectivity index (χ1) is 19.4. The minimum absolute atomic E-state index is 0.0891. The standard InChI is InChI=1S/C31H44N4O6/c1-7-19(4)27(31(39)40-17-22-11-9-8-10-12-22)34-29(37)24-15-14-23(25-16-13-20(5)41-25)35(24)30(38)26(18(2)3)33-28(36)21(6)32/h8-13,16,18-19,21,23-24,26-27H,7,14-15,17,32H2,1-6H3,(H,33,36)(H,34,37)/t19-,21-,23+,24-,26-,27-/m0/s1. The summed E-state index contributed by atoms with van der Waals surface area (Å²) >= 11 is 0. The van der Waals surface area contributed by atoms with Crippen LogP contribution in [0, 0.1) is 18.8 Å². The number of benzene rings is 1. The predicted octanol–water partition coefficient (Wildman–Crippen LogP) is 3.38. The molecule has 2 aromatic rings. The molecule has 0 spiro atoms. The van der Waals surface area contributed by atoms with Gasteiger partial charge in [0.25, 0.3) is 0 Å². The predicted molar refractivity (Wildman–Crippen MR) is 154 cm³/mol. The van der Waals surface area contributed by atoms with Gasteiger partial charge in [-0.25, -0.2) is 4.79 Å². The van der Waals surface area contributed by atoms with Gasteiger partial charge in [0, 0.05) is 0 Å². The van der Waals surface area contributed by atoms with Crippen molar-refractivity contribution in [3.05, 3.63) is 59.5 Å². The third kappa shape index (κ3) is 7.97. The van der Waals surface area contributed by atoms with Crippen LogP contribution in [0.3, 0.4) is 0 Å². The van der Waals surface area contributed by atoms with Crippen molar-refractivity contribution in [2.24, 2.45) is 17.6 Å². The number of carbonyl (C=O) groups is 4. The van der Waals surface area contributed by atoms with E-state index in [1.165, 1.54) is 4.90 Å². The first-order valence-corrected chi connectivity index (χ1v) is 14.4. The van der Waals surface area contributed by atoms with E-state index < -0.39 is 53.9 Å². The molecule has 1 saturated heterocycles. The van der Waals surface area contributed by atoms with E-state index in [1.54, 1.807) is 13.0 Å². The number of nitrogens with zero attached hydrogens (tertiary/aromatic N) is 1. The van der Waals surface area contributed by atoms with Crippen LogP contribution in [-0.4, -0.2) is 52.8 Å². The molecule has 10 nitrogen and oxygen atoms in total. The van der Waals surface area contributed by atoms with E-state index in [1.807, 2.05) is 71.0 Å². The Bertz CT molecular complexity index is 1190. The Morgan fingerprint density at radius 3 is 2.24 bits per heavy atom. The van der Waals surface area contributed by atoms with Crippen molar-refractivity contribution < 1.29 is 28.3 Å². The van der Waals surface area contributed by atoms with E-state index >= 15 is 0 Å². The van der Waals surface area contributed by atoms with E-state index in [9.17, 15) is 19.2 Å². The average molecular weight is 569 g/mol. The smallest absolute Gasteiger partial charge is 0.329 e. The molecular formula is C31H44N4O6. The number of nitrogens with one attached hydrogen (secondary N) is 2. The maximum Gasteiger partial charge on any atom is 0.329 e. The summed E-state index contributed by atoms with van der Waals surface area (Å²) in [5.41, 5.74) is 6.60. The molecule has 1 fully saturated rings. The molecule has 6 atom stereocenters. The molecule has 4 N–H and O–H groups in total. The molecule has 0 aliphatic carbocycles. The summed E-state index contributed by atoms with van der Waals surface area (Å²) in [7, 11) is 0. The zero-order valence-corrected chi connectivity index (χ0v) is 24.9. The SMILES string of the molecule is CC[C@H](C)[C@H](NC(=O)[C@@H]1CC[C@H](c2ccc(C)o2)N1C(=O)[C@@H](NC(=O)[C@H](C)N)C(C)C)C(=O)OCc1ccccc1. The molecule has 3 rings (SSSR count). The van der Waals surface area contributed by atoms with Gasteiger partial charge in [0.2, 0.25) is 17.7 Å². The molecule has 41 heavy (non-hydrogen) atoms. The quantitative estimate of drug-likeness (QED) is 0.333. The number of ether oxygens (including phenoxy) is 1. The first-order valence-electron chi connectivity index (χ1n) is 14.4. The summed E-state index contributed by atoms with van der Waals surface area (Å²) in [5.74, 6) is -1.07. The van der Waals surface area contributed by atoms with Crippen LogP contribution >= 0.6 is 0 Å². The second-order valence-corrected chi connectivity index (χ2v) is 11.3. The van der Waals surface area contributed by atoms with Crippen molar-refractivity contribution in [2.45, 2.75) is 97.6 Å². The average Bonchev–Trinajstić information content (AvgIpc) is 3.59. The highest BCUT2D eigenvalue weighted by molar-refractivity contribution is 5.95. The third-order valence-corrected chi connectivity index (χ3v) is 7.66. The Hall–Kier alpha value is -3.66. The molecule has 10 heteroatoms. The number of aryl methyl sites for hydroxylation is 1. The molecule has 1 aliphatic heterocycles. The maximum absolute atomic E-state index is 14.1. The van der Waals surface area contributed by atoms with Gasteiger partial charge in [-0.1, -0.05) is 64.4 Å². The van der Waals surface area contributed by atoms with Crippen molar-refractivity contribution in [1.82, 2.24) is 15.5 Å². The van der Waals surface area contributed by atoms with Crippen molar-refractivity contribution >= 4 is 23.7 Å². The molecule has 224 valence electrons. The first kappa shape index (κ1) is 31.9. The van der Waals surface area contributed by atoms with E-state index in [-0.39, 0.29) is 18.4 Å². The van der Waals surface area contributed by atoms with Gasteiger partial charge in [-0.2, -0.15) is 0 Å². The summed E-state index contributed by atoms with van der Waals surface area (Å²) in [6, 6.07) is 8.95. The Morgan fingerprint density at radius 2 is 1.68 bits per heavy atom. The van der Waals surface area contributed by atoms with Crippen LogP contribution in [0.15, 0.2) is 46.9 Å². The Labute approximate surface area is 242 Å². The monoisotopic (exact) mass is 568 g/mol. The Kier molecular flexibility index (Phi) is 11.1. The van der Waals surface area contributed by atoms with Crippen LogP contribution in [0.4, 0.5) is 0 Å². The Balaban J connectivity index is 1.87. The van der Waals surface area contributed by atoms with E-state index in [2.05, 4.69) is 10.6 Å². The number of hydrogen-bond donors (Lipinski definition) is 3. The lowest BCUT2D eigenvalue weighted by Crippen LogP contribution is -2.58. The van der Waals surface area contributed by atoms with Crippen molar-refractivity contribution in [1.29, 1.82) is 0 Å². The van der Waals surface area contributed by atoms with Crippen LogP contribution < -0.4 is 16.4 Å². The maximum atomic E-state index is 14.1. The fraction of sp³-hybridized carbons (Fsp3) is 0.548. The van der Waals surface area contributed by atoms with Gasteiger partial charge < -0.3 is 30.4 Å². The van der Waals surface area contributed by atoms with Gasteiger partial charge in [0.1, 0.15) is 36.3 Å². The zero-order valence-electron chi connectivity index (χ0n) is 24.9. The molecule has 0 saturated carbocycles. The van der Waals surface area contributed by atoms with E-state index in [4.69, 9.17) is 14.9 Å². The number of rotatable bonds is 12. The highest BCUT2D eigenvalue weighted by Gasteiger charge is 2.46. The molecule has 3 amide bonds. The lowest BCUT2D eigenvalue weighted by atomic mass is 9.98. The number of hydrogen-bond acceptors (Lipinski definition) is 7. The number of nitrogens with two attached hydrogens (primary N) is 1. The van der Waals surface area contributed by atoms with Crippen LogP contribution in [0.25, 0.3) is 0 Å². The molecule has 0 radical (unpaired) electrons. The molecule has 1 aliphatic rings. The molecule has 0 unspecified atom stereocenters. The van der Waals surface area contributed by atoms with E-state index in [0.717, 1.165) is 5.56 Å². The summed E-state index contributed by atoms with van der Waals surface area (Å²) in [6.45, 7) is 10.9. The molecule has 1 aromatic heterocycles. The normalized spacial score (nSPS) is 19.8. The van der Waals surface area contributed by atoms with Crippen molar-refractivity contribution in [3.8, 4) is 0 Å². The summed E-state index contributed by atoms with van der Waals surface area (Å²) < 4.78 is 11.4. The lowest BCUT2D eigenvalue weighted by Gasteiger charge is -2.35. The van der Waals surface area contributed by atoms with Crippen molar-refractivity contribution in [2.75, 3.05) is 0 Å². The van der Waals surface area contributed by atoms with Gasteiger partial charge in [-0.3, -0.25) is 14.4 Å². The number of likely N-dealkylation sites (tertiary alicyclic amines) is 1. The van der Waals surface area contributed by atoms with Gasteiger partial charge in [0.05, 0.1) is 12.1 Å². The fourth-order valence-electron chi connectivity index (χ4n) is 4.98. The summed E-state index contributed by atoms with van der Waals surface area (Å²) in [6.07, 6.45) is 1.47. The number of esters is 1. The highest BCUT2D eigenvalue weighted by atomic mass is 16.5. The summed E-state index contributed by atoms with van der Waals surface area (Å²) in [4.78, 5) is 55.0. The van der Waals surface area contributed by atoms with Gasteiger partial charge in [-0.15, -0.1) is 0 Å². The van der Waals surface area contributed by atoms with Crippen LogP contribution in [0.2, 0.25) is 0 Å².